The van der Waals surface area contributed by atoms with Crippen molar-refractivity contribution in [2.45, 2.75) is 13.0 Å². The molecule has 2 rings (SSSR count). The van der Waals surface area contributed by atoms with Crippen molar-refractivity contribution in [3.8, 4) is 0 Å². The SMILES string of the molecule is CN1CCCN(c2cnc(CN)cn2)CC1. The maximum atomic E-state index is 5.50. The molecule has 1 fully saturated rings. The Bertz CT molecular complexity index is 324. The first-order valence-corrected chi connectivity index (χ1v) is 5.74. The standard InChI is InChI=1S/C11H19N5/c1-15-3-2-4-16(6-5-15)11-9-13-10(7-12)8-14-11/h8-9H,2-7,12H2,1H3. The third-order valence-corrected chi connectivity index (χ3v) is 2.94. The van der Waals surface area contributed by atoms with Gasteiger partial charge in [0.2, 0.25) is 0 Å². The van der Waals surface area contributed by atoms with Gasteiger partial charge in [-0.3, -0.25) is 4.98 Å². The van der Waals surface area contributed by atoms with Crippen LogP contribution in [0.1, 0.15) is 12.1 Å². The highest BCUT2D eigenvalue weighted by Crippen LogP contribution is 2.11. The number of rotatable bonds is 2. The van der Waals surface area contributed by atoms with Crippen LogP contribution in [-0.2, 0) is 6.54 Å². The molecule has 88 valence electrons. The molecule has 0 saturated carbocycles. The fraction of sp³-hybridized carbons (Fsp3) is 0.636. The molecule has 0 aromatic carbocycles. The summed E-state index contributed by atoms with van der Waals surface area (Å²) in [6, 6.07) is 0. The maximum absolute atomic E-state index is 5.50. The van der Waals surface area contributed by atoms with Crippen molar-refractivity contribution in [2.75, 3.05) is 38.1 Å². The summed E-state index contributed by atoms with van der Waals surface area (Å²) in [5.41, 5.74) is 6.34. The van der Waals surface area contributed by atoms with Gasteiger partial charge in [0.1, 0.15) is 5.82 Å². The van der Waals surface area contributed by atoms with Crippen LogP contribution in [0.2, 0.25) is 0 Å². The number of nitrogens with zero attached hydrogens (tertiary/aromatic N) is 4. The average molecular weight is 221 g/mol. The molecule has 0 amide bonds. The van der Waals surface area contributed by atoms with Gasteiger partial charge in [0.15, 0.2) is 0 Å². The van der Waals surface area contributed by atoms with Crippen molar-refractivity contribution in [1.29, 1.82) is 0 Å². The van der Waals surface area contributed by atoms with Gasteiger partial charge in [-0.05, 0) is 20.0 Å². The number of anilines is 1. The van der Waals surface area contributed by atoms with E-state index in [2.05, 4.69) is 26.8 Å². The fourth-order valence-corrected chi connectivity index (χ4v) is 1.89. The Hall–Kier alpha value is -1.20. The van der Waals surface area contributed by atoms with Crippen molar-refractivity contribution in [2.24, 2.45) is 5.73 Å². The quantitative estimate of drug-likeness (QED) is 0.766. The van der Waals surface area contributed by atoms with Gasteiger partial charge in [-0.25, -0.2) is 4.98 Å². The van der Waals surface area contributed by atoms with Crippen LogP contribution in [0, 0.1) is 0 Å². The Balaban J connectivity index is 2.04. The van der Waals surface area contributed by atoms with E-state index in [0.29, 0.717) is 6.54 Å². The topological polar surface area (TPSA) is 58.3 Å². The van der Waals surface area contributed by atoms with E-state index in [9.17, 15) is 0 Å². The zero-order valence-electron chi connectivity index (χ0n) is 9.76. The van der Waals surface area contributed by atoms with Crippen LogP contribution in [0.4, 0.5) is 5.82 Å². The van der Waals surface area contributed by atoms with E-state index < -0.39 is 0 Å². The summed E-state index contributed by atoms with van der Waals surface area (Å²) in [5, 5.41) is 0. The Morgan fingerprint density at radius 2 is 2.06 bits per heavy atom. The molecule has 0 aliphatic carbocycles. The normalized spacial score (nSPS) is 18.5. The maximum Gasteiger partial charge on any atom is 0.147 e. The van der Waals surface area contributed by atoms with Gasteiger partial charge in [0.25, 0.3) is 0 Å². The lowest BCUT2D eigenvalue weighted by Crippen LogP contribution is -2.29. The van der Waals surface area contributed by atoms with E-state index in [-0.39, 0.29) is 0 Å². The van der Waals surface area contributed by atoms with Crippen molar-refractivity contribution >= 4 is 5.82 Å². The number of hydrogen-bond acceptors (Lipinski definition) is 5. The summed E-state index contributed by atoms with van der Waals surface area (Å²) in [6.45, 7) is 4.77. The van der Waals surface area contributed by atoms with E-state index in [0.717, 1.165) is 37.7 Å². The van der Waals surface area contributed by atoms with E-state index in [1.54, 1.807) is 6.20 Å². The molecule has 1 aliphatic rings. The number of likely N-dealkylation sites (N-methyl/N-ethyl adjacent to an activating group) is 1. The van der Waals surface area contributed by atoms with Crippen molar-refractivity contribution in [3.05, 3.63) is 18.1 Å². The third-order valence-electron chi connectivity index (χ3n) is 2.94. The summed E-state index contributed by atoms with van der Waals surface area (Å²) in [5.74, 6) is 0.965. The van der Waals surface area contributed by atoms with Crippen molar-refractivity contribution in [3.63, 3.8) is 0 Å². The highest BCUT2D eigenvalue weighted by atomic mass is 15.2. The molecule has 5 nitrogen and oxygen atoms in total. The number of aromatic nitrogens is 2. The first-order chi connectivity index (χ1) is 7.79. The second-order valence-electron chi connectivity index (χ2n) is 4.21. The van der Waals surface area contributed by atoms with Crippen molar-refractivity contribution in [1.82, 2.24) is 14.9 Å². The second-order valence-corrected chi connectivity index (χ2v) is 4.21. The molecular formula is C11H19N5. The molecule has 1 aromatic rings. The number of nitrogens with two attached hydrogens (primary N) is 1. The fourth-order valence-electron chi connectivity index (χ4n) is 1.89. The predicted molar refractivity (Wildman–Crippen MR) is 64.3 cm³/mol. The summed E-state index contributed by atoms with van der Waals surface area (Å²) in [7, 11) is 2.16. The van der Waals surface area contributed by atoms with Gasteiger partial charge in [-0.1, -0.05) is 0 Å². The summed E-state index contributed by atoms with van der Waals surface area (Å²) in [6.07, 6.45) is 4.77. The molecular weight excluding hydrogens is 202 g/mol. The lowest BCUT2D eigenvalue weighted by molar-refractivity contribution is 0.360. The first-order valence-electron chi connectivity index (χ1n) is 5.74. The van der Waals surface area contributed by atoms with Gasteiger partial charge in [-0.15, -0.1) is 0 Å². The third kappa shape index (κ3) is 2.68. The Labute approximate surface area is 96.3 Å². The molecule has 1 aromatic heterocycles. The van der Waals surface area contributed by atoms with Crippen molar-refractivity contribution < 1.29 is 0 Å². The summed E-state index contributed by atoms with van der Waals surface area (Å²) in [4.78, 5) is 13.3. The molecule has 16 heavy (non-hydrogen) atoms. The highest BCUT2D eigenvalue weighted by Gasteiger charge is 2.13. The molecule has 1 saturated heterocycles. The zero-order valence-corrected chi connectivity index (χ0v) is 9.76. The average Bonchev–Trinajstić information content (AvgIpc) is 2.54. The van der Waals surface area contributed by atoms with Gasteiger partial charge in [0.05, 0.1) is 18.1 Å². The zero-order chi connectivity index (χ0) is 11.4. The van der Waals surface area contributed by atoms with E-state index in [4.69, 9.17) is 5.73 Å². The molecule has 0 spiro atoms. The molecule has 2 heterocycles. The van der Waals surface area contributed by atoms with Gasteiger partial charge >= 0.3 is 0 Å². The molecule has 0 unspecified atom stereocenters. The molecule has 0 bridgehead atoms. The lowest BCUT2D eigenvalue weighted by Gasteiger charge is -2.21. The predicted octanol–water partition coefficient (Wildman–Crippen LogP) is 0.0772. The van der Waals surface area contributed by atoms with Crippen LogP contribution in [0.15, 0.2) is 12.4 Å². The van der Waals surface area contributed by atoms with Gasteiger partial charge < -0.3 is 15.5 Å². The Morgan fingerprint density at radius 1 is 1.19 bits per heavy atom. The minimum absolute atomic E-state index is 0.454. The molecule has 1 aliphatic heterocycles. The minimum Gasteiger partial charge on any atom is -0.354 e. The molecule has 2 N–H and O–H groups in total. The van der Waals surface area contributed by atoms with Crippen LogP contribution in [-0.4, -0.2) is 48.1 Å². The van der Waals surface area contributed by atoms with E-state index >= 15 is 0 Å². The highest BCUT2D eigenvalue weighted by molar-refractivity contribution is 5.35. The van der Waals surface area contributed by atoms with E-state index in [1.165, 1.54) is 6.42 Å². The number of hydrogen-bond donors (Lipinski definition) is 1. The van der Waals surface area contributed by atoms with Crippen LogP contribution < -0.4 is 10.6 Å². The summed E-state index contributed by atoms with van der Waals surface area (Å²) >= 11 is 0. The molecule has 0 atom stereocenters. The Morgan fingerprint density at radius 3 is 2.75 bits per heavy atom. The lowest BCUT2D eigenvalue weighted by atomic mass is 10.4. The van der Waals surface area contributed by atoms with Gasteiger partial charge in [-0.2, -0.15) is 0 Å². The van der Waals surface area contributed by atoms with Crippen LogP contribution in [0.25, 0.3) is 0 Å². The van der Waals surface area contributed by atoms with Gasteiger partial charge in [0, 0.05) is 26.2 Å². The van der Waals surface area contributed by atoms with Crippen LogP contribution in [0.3, 0.4) is 0 Å². The second kappa shape index (κ2) is 5.23. The smallest absolute Gasteiger partial charge is 0.147 e. The monoisotopic (exact) mass is 221 g/mol. The summed E-state index contributed by atoms with van der Waals surface area (Å²) < 4.78 is 0. The molecule has 5 heteroatoms. The van der Waals surface area contributed by atoms with Crippen LogP contribution in [0.5, 0.6) is 0 Å². The largest absolute Gasteiger partial charge is 0.354 e. The molecule has 0 radical (unpaired) electrons. The van der Waals surface area contributed by atoms with E-state index in [1.807, 2.05) is 6.20 Å². The minimum atomic E-state index is 0.454. The van der Waals surface area contributed by atoms with Crippen LogP contribution >= 0.6 is 0 Å². The Kier molecular flexibility index (Phi) is 3.69. The first kappa shape index (κ1) is 11.3.